The van der Waals surface area contributed by atoms with Gasteiger partial charge in [0.15, 0.2) is 5.92 Å². The minimum absolute atomic E-state index is 0.0179. The lowest BCUT2D eigenvalue weighted by Gasteiger charge is -2.26. The fourth-order valence-electron chi connectivity index (χ4n) is 2.19. The van der Waals surface area contributed by atoms with E-state index in [0.29, 0.717) is 0 Å². The summed E-state index contributed by atoms with van der Waals surface area (Å²) in [6.45, 7) is 4.88. The Bertz CT molecular complexity index is 460. The molecule has 9 nitrogen and oxygen atoms in total. The lowest BCUT2D eigenvalue weighted by Crippen LogP contribution is -2.52. The summed E-state index contributed by atoms with van der Waals surface area (Å²) in [6.07, 6.45) is -1.25. The monoisotopic (exact) mass is 347 g/mol. The smallest absolute Gasteiger partial charge is 0.326 e. The molecule has 24 heavy (non-hydrogen) atoms. The van der Waals surface area contributed by atoms with E-state index in [9.17, 15) is 29.4 Å². The van der Waals surface area contributed by atoms with Crippen LogP contribution in [0.1, 0.15) is 27.2 Å². The third-order valence-corrected chi connectivity index (χ3v) is 3.52. The number of carboxylic acid groups (broad SMARTS) is 1. The molecule has 0 radical (unpaired) electrons. The second-order valence-electron chi connectivity index (χ2n) is 5.85. The van der Waals surface area contributed by atoms with E-state index in [2.05, 4.69) is 14.8 Å². The van der Waals surface area contributed by atoms with Gasteiger partial charge in [0, 0.05) is 5.92 Å². The van der Waals surface area contributed by atoms with Crippen LogP contribution < -0.4 is 5.32 Å². The van der Waals surface area contributed by atoms with Crippen LogP contribution in [-0.4, -0.2) is 60.4 Å². The number of methoxy groups -OCH3 is 2. The zero-order valence-electron chi connectivity index (χ0n) is 14.4. The van der Waals surface area contributed by atoms with Gasteiger partial charge in [0.1, 0.15) is 12.1 Å². The number of carboxylic acids is 1. The predicted molar refractivity (Wildman–Crippen MR) is 81.7 cm³/mol. The van der Waals surface area contributed by atoms with Crippen molar-refractivity contribution in [2.45, 2.75) is 39.3 Å². The zero-order chi connectivity index (χ0) is 19.0. The van der Waals surface area contributed by atoms with E-state index in [1.54, 1.807) is 13.8 Å². The Kier molecular flexibility index (Phi) is 8.97. The molecule has 0 aliphatic heterocycles. The highest BCUT2D eigenvalue weighted by Crippen LogP contribution is 2.20. The van der Waals surface area contributed by atoms with Gasteiger partial charge in [-0.1, -0.05) is 20.8 Å². The minimum atomic E-state index is -1.58. The molecule has 9 heteroatoms. The molecular formula is C15H25NO8. The number of hydrogen-bond acceptors (Lipinski definition) is 7. The zero-order valence-corrected chi connectivity index (χ0v) is 14.4. The predicted octanol–water partition coefficient (Wildman–Crippen LogP) is -0.439. The summed E-state index contributed by atoms with van der Waals surface area (Å²) >= 11 is 0. The molecule has 3 atom stereocenters. The van der Waals surface area contributed by atoms with Crippen LogP contribution in [0.4, 0.5) is 0 Å². The van der Waals surface area contributed by atoms with Crippen LogP contribution in [0, 0.1) is 17.8 Å². The summed E-state index contributed by atoms with van der Waals surface area (Å²) in [4.78, 5) is 46.9. The Morgan fingerprint density at radius 3 is 1.79 bits per heavy atom. The molecule has 0 unspecified atom stereocenters. The molecule has 0 aromatic heterocycles. The van der Waals surface area contributed by atoms with E-state index in [1.165, 1.54) is 6.92 Å². The lowest BCUT2D eigenvalue weighted by atomic mass is 9.87. The van der Waals surface area contributed by atoms with E-state index < -0.39 is 47.8 Å². The number of ether oxygens (including phenoxy) is 2. The van der Waals surface area contributed by atoms with Crippen LogP contribution in [0.5, 0.6) is 0 Å². The molecule has 0 aliphatic carbocycles. The number of carbonyl (C=O) groups is 4. The summed E-state index contributed by atoms with van der Waals surface area (Å²) in [6, 6.07) is -1.58. The standard InChI is InChI=1S/C15H25NO8/c1-7(2)6-9(17)12(18)16-11(13(19)20)8(3)10(14(21)23-4)15(22)24-5/h7-11,17H,6H2,1-5H3,(H,16,18)(H,19,20)/t8-,9+,11-/m0/s1. The molecule has 3 N–H and O–H groups in total. The van der Waals surface area contributed by atoms with Gasteiger partial charge in [-0.15, -0.1) is 0 Å². The van der Waals surface area contributed by atoms with Gasteiger partial charge in [-0.2, -0.15) is 0 Å². The molecule has 138 valence electrons. The first-order valence-corrected chi connectivity index (χ1v) is 7.43. The van der Waals surface area contributed by atoms with Gasteiger partial charge in [0.05, 0.1) is 14.2 Å². The maximum Gasteiger partial charge on any atom is 0.326 e. The number of hydrogen-bond donors (Lipinski definition) is 3. The summed E-state index contributed by atoms with van der Waals surface area (Å²) in [5.74, 6) is -6.96. The first kappa shape index (κ1) is 21.8. The van der Waals surface area contributed by atoms with Gasteiger partial charge in [-0.05, 0) is 12.3 Å². The molecule has 0 aromatic rings. The number of nitrogens with one attached hydrogen (secondary N) is 1. The van der Waals surface area contributed by atoms with Crippen molar-refractivity contribution in [2.75, 3.05) is 14.2 Å². The van der Waals surface area contributed by atoms with E-state index in [-0.39, 0.29) is 12.3 Å². The van der Waals surface area contributed by atoms with Crippen LogP contribution >= 0.6 is 0 Å². The first-order chi connectivity index (χ1) is 11.1. The topological polar surface area (TPSA) is 139 Å². The van der Waals surface area contributed by atoms with Gasteiger partial charge < -0.3 is 25.0 Å². The third kappa shape index (κ3) is 6.15. The van der Waals surface area contributed by atoms with Gasteiger partial charge >= 0.3 is 17.9 Å². The lowest BCUT2D eigenvalue weighted by molar-refractivity contribution is -0.163. The van der Waals surface area contributed by atoms with Crippen molar-refractivity contribution < 1.29 is 38.9 Å². The number of aliphatic carboxylic acids is 1. The maximum atomic E-state index is 11.9. The van der Waals surface area contributed by atoms with Gasteiger partial charge in [0.2, 0.25) is 5.91 Å². The van der Waals surface area contributed by atoms with Crippen molar-refractivity contribution in [3.63, 3.8) is 0 Å². The van der Waals surface area contributed by atoms with Gasteiger partial charge in [0.25, 0.3) is 0 Å². The molecule has 0 saturated carbocycles. The Morgan fingerprint density at radius 2 is 1.46 bits per heavy atom. The minimum Gasteiger partial charge on any atom is -0.480 e. The molecule has 0 rings (SSSR count). The normalized spacial score (nSPS) is 14.7. The van der Waals surface area contributed by atoms with Crippen molar-refractivity contribution in [3.05, 3.63) is 0 Å². The maximum absolute atomic E-state index is 11.9. The molecule has 1 amide bonds. The van der Waals surface area contributed by atoms with E-state index in [4.69, 9.17) is 0 Å². The largest absolute Gasteiger partial charge is 0.480 e. The Hall–Kier alpha value is -2.16. The molecule has 0 heterocycles. The van der Waals surface area contributed by atoms with Crippen LogP contribution in [0.25, 0.3) is 0 Å². The second kappa shape index (κ2) is 9.86. The van der Waals surface area contributed by atoms with E-state index in [1.807, 2.05) is 0 Å². The second-order valence-corrected chi connectivity index (χ2v) is 5.85. The Balaban J connectivity index is 5.34. The average molecular weight is 347 g/mol. The number of esters is 2. The molecule has 0 aliphatic rings. The fourth-order valence-corrected chi connectivity index (χ4v) is 2.19. The quantitative estimate of drug-likeness (QED) is 0.377. The number of rotatable bonds is 9. The van der Waals surface area contributed by atoms with Gasteiger partial charge in [-0.25, -0.2) is 4.79 Å². The summed E-state index contributed by atoms with van der Waals surface area (Å²) in [5, 5.41) is 21.2. The SMILES string of the molecule is COC(=O)C(C(=O)OC)[C@H](C)[C@H](NC(=O)[C@H](O)CC(C)C)C(=O)O. The Labute approximate surface area is 140 Å². The number of aliphatic hydroxyl groups is 1. The molecule has 0 saturated heterocycles. The van der Waals surface area contributed by atoms with Gasteiger partial charge in [-0.3, -0.25) is 14.4 Å². The van der Waals surface area contributed by atoms with Crippen molar-refractivity contribution in [3.8, 4) is 0 Å². The van der Waals surface area contributed by atoms with Crippen molar-refractivity contribution >= 4 is 23.8 Å². The van der Waals surface area contributed by atoms with Crippen molar-refractivity contribution in [2.24, 2.45) is 17.8 Å². The van der Waals surface area contributed by atoms with Crippen LogP contribution in [-0.2, 0) is 28.7 Å². The number of carbonyl (C=O) groups excluding carboxylic acids is 3. The summed E-state index contributed by atoms with van der Waals surface area (Å²) in [7, 11) is 2.09. The third-order valence-electron chi connectivity index (χ3n) is 3.52. The molecule has 0 fully saturated rings. The molecule has 0 aromatic carbocycles. The first-order valence-electron chi connectivity index (χ1n) is 7.43. The molecule has 0 bridgehead atoms. The highest BCUT2D eigenvalue weighted by molar-refractivity contribution is 5.96. The van der Waals surface area contributed by atoms with E-state index >= 15 is 0 Å². The number of amides is 1. The van der Waals surface area contributed by atoms with Crippen LogP contribution in [0.3, 0.4) is 0 Å². The average Bonchev–Trinajstić information content (AvgIpc) is 2.50. The highest BCUT2D eigenvalue weighted by Gasteiger charge is 2.42. The summed E-state index contributed by atoms with van der Waals surface area (Å²) in [5.41, 5.74) is 0. The van der Waals surface area contributed by atoms with Crippen molar-refractivity contribution in [1.29, 1.82) is 0 Å². The summed E-state index contributed by atoms with van der Waals surface area (Å²) < 4.78 is 8.99. The molecular weight excluding hydrogens is 322 g/mol. The molecule has 0 spiro atoms. The highest BCUT2D eigenvalue weighted by atomic mass is 16.5. The Morgan fingerprint density at radius 1 is 1.00 bits per heavy atom. The van der Waals surface area contributed by atoms with Crippen LogP contribution in [0.2, 0.25) is 0 Å². The number of aliphatic hydroxyl groups excluding tert-OH is 1. The van der Waals surface area contributed by atoms with Crippen LogP contribution in [0.15, 0.2) is 0 Å². The van der Waals surface area contributed by atoms with E-state index in [0.717, 1.165) is 14.2 Å². The van der Waals surface area contributed by atoms with Crippen molar-refractivity contribution in [1.82, 2.24) is 5.32 Å². The fraction of sp³-hybridized carbons (Fsp3) is 0.733.